The number of hydrogen-bond acceptors (Lipinski definition) is 6. The first-order chi connectivity index (χ1) is 12.9. The molecule has 142 valence electrons. The van der Waals surface area contributed by atoms with E-state index >= 15 is 0 Å². The van der Waals surface area contributed by atoms with Crippen molar-refractivity contribution in [1.82, 2.24) is 14.8 Å². The van der Waals surface area contributed by atoms with Crippen molar-refractivity contribution in [1.29, 1.82) is 0 Å². The molecule has 0 N–H and O–H groups in total. The zero-order valence-corrected chi connectivity index (χ0v) is 15.6. The highest BCUT2D eigenvalue weighted by atomic mass is 32.2. The zero-order valence-electron chi connectivity index (χ0n) is 14.7. The second-order valence-electron chi connectivity index (χ2n) is 6.81. The van der Waals surface area contributed by atoms with Gasteiger partial charge in [0.1, 0.15) is 11.5 Å². The minimum Gasteiger partial charge on any atom is -0.469 e. The van der Waals surface area contributed by atoms with Gasteiger partial charge in [-0.25, -0.2) is 8.42 Å². The summed E-state index contributed by atoms with van der Waals surface area (Å²) in [6, 6.07) is 5.47. The Bertz CT molecular complexity index is 985. The largest absolute Gasteiger partial charge is 0.469 e. The highest BCUT2D eigenvalue weighted by Gasteiger charge is 2.50. The molecule has 0 spiro atoms. The van der Waals surface area contributed by atoms with Crippen molar-refractivity contribution in [3.63, 3.8) is 0 Å². The highest BCUT2D eigenvalue weighted by molar-refractivity contribution is 7.91. The van der Waals surface area contributed by atoms with Crippen molar-refractivity contribution in [3.05, 3.63) is 53.7 Å². The van der Waals surface area contributed by atoms with Crippen molar-refractivity contribution in [2.24, 2.45) is 0 Å². The number of aromatic nitrogens is 1. The van der Waals surface area contributed by atoms with Crippen LogP contribution in [0.1, 0.15) is 26.6 Å². The maximum absolute atomic E-state index is 12.9. The molecule has 2 fully saturated rings. The Labute approximate surface area is 156 Å². The monoisotopic (exact) mass is 389 g/mol. The van der Waals surface area contributed by atoms with Crippen molar-refractivity contribution in [3.8, 4) is 0 Å². The standard InChI is InChI=1S/C18H19N3O5S/c1-12-13(5-9-26-12)17(22)20-7-8-21(16-11-27(24,25)10-15(16)20)18(23)14-4-2-3-6-19-14/h2-6,9,15-16H,7-8,10-11H2,1H3. The van der Waals surface area contributed by atoms with Crippen molar-refractivity contribution < 1.29 is 22.4 Å². The van der Waals surface area contributed by atoms with E-state index in [1.54, 1.807) is 41.0 Å². The van der Waals surface area contributed by atoms with Crippen LogP contribution in [0.4, 0.5) is 0 Å². The van der Waals surface area contributed by atoms with Gasteiger partial charge in [-0.05, 0) is 25.1 Å². The van der Waals surface area contributed by atoms with Gasteiger partial charge >= 0.3 is 0 Å². The Morgan fingerprint density at radius 3 is 2.30 bits per heavy atom. The summed E-state index contributed by atoms with van der Waals surface area (Å²) in [6.07, 6.45) is 2.96. The minimum atomic E-state index is -3.35. The molecule has 4 rings (SSSR count). The van der Waals surface area contributed by atoms with E-state index in [9.17, 15) is 18.0 Å². The number of fused-ring (bicyclic) bond motifs is 1. The van der Waals surface area contributed by atoms with Crippen LogP contribution in [-0.2, 0) is 9.84 Å². The van der Waals surface area contributed by atoms with Gasteiger partial charge in [-0.2, -0.15) is 0 Å². The fraction of sp³-hybridized carbons (Fsp3) is 0.389. The maximum Gasteiger partial charge on any atom is 0.272 e. The molecule has 0 bridgehead atoms. The van der Waals surface area contributed by atoms with E-state index in [0.717, 1.165) is 0 Å². The number of furan rings is 1. The Hall–Kier alpha value is -2.68. The number of rotatable bonds is 2. The predicted octanol–water partition coefficient (Wildman–Crippen LogP) is 0.747. The third-order valence-electron chi connectivity index (χ3n) is 5.17. The molecule has 0 aromatic carbocycles. The summed E-state index contributed by atoms with van der Waals surface area (Å²) in [6.45, 7) is 2.21. The molecule has 2 aliphatic rings. The van der Waals surface area contributed by atoms with Crippen molar-refractivity contribution >= 4 is 21.7 Å². The average Bonchev–Trinajstić information content (AvgIpc) is 3.22. The summed E-state index contributed by atoms with van der Waals surface area (Å²) in [5, 5.41) is 0. The van der Waals surface area contributed by atoms with Crippen LogP contribution >= 0.6 is 0 Å². The lowest BCUT2D eigenvalue weighted by molar-refractivity contribution is 0.0277. The summed E-state index contributed by atoms with van der Waals surface area (Å²) in [4.78, 5) is 33.0. The quantitative estimate of drug-likeness (QED) is 0.751. The average molecular weight is 389 g/mol. The number of hydrogen-bond donors (Lipinski definition) is 0. The summed E-state index contributed by atoms with van der Waals surface area (Å²) in [5.41, 5.74) is 0.688. The van der Waals surface area contributed by atoms with Gasteiger partial charge < -0.3 is 14.2 Å². The van der Waals surface area contributed by atoms with Gasteiger partial charge in [0.25, 0.3) is 11.8 Å². The lowest BCUT2D eigenvalue weighted by atomic mass is 10.0. The van der Waals surface area contributed by atoms with Crippen molar-refractivity contribution in [2.45, 2.75) is 19.0 Å². The number of carbonyl (C=O) groups is 2. The number of sulfone groups is 1. The van der Waals surface area contributed by atoms with E-state index in [-0.39, 0.29) is 42.1 Å². The van der Waals surface area contributed by atoms with Crippen LogP contribution < -0.4 is 0 Å². The lowest BCUT2D eigenvalue weighted by Crippen LogP contribution is -2.62. The van der Waals surface area contributed by atoms with E-state index in [1.807, 2.05) is 0 Å². The molecular weight excluding hydrogens is 370 g/mol. The first-order valence-electron chi connectivity index (χ1n) is 8.65. The first-order valence-corrected chi connectivity index (χ1v) is 10.5. The smallest absolute Gasteiger partial charge is 0.272 e. The molecule has 4 heterocycles. The normalized spacial score (nSPS) is 23.9. The minimum absolute atomic E-state index is 0.147. The van der Waals surface area contributed by atoms with Crippen LogP contribution in [0, 0.1) is 6.92 Å². The summed E-state index contributed by atoms with van der Waals surface area (Å²) in [5.74, 6) is -0.381. The van der Waals surface area contributed by atoms with E-state index < -0.39 is 21.9 Å². The molecule has 0 aliphatic carbocycles. The number of pyridine rings is 1. The molecule has 0 radical (unpaired) electrons. The van der Waals surface area contributed by atoms with Gasteiger partial charge in [0.2, 0.25) is 0 Å². The van der Waals surface area contributed by atoms with Gasteiger partial charge in [0, 0.05) is 19.3 Å². The molecule has 27 heavy (non-hydrogen) atoms. The van der Waals surface area contributed by atoms with Crippen molar-refractivity contribution in [2.75, 3.05) is 24.6 Å². The molecule has 2 aromatic heterocycles. The topological polar surface area (TPSA) is 101 Å². The SMILES string of the molecule is Cc1occc1C(=O)N1CCN(C(=O)c2ccccn2)C2CS(=O)(=O)CC21. The molecule has 2 aromatic rings. The van der Waals surface area contributed by atoms with Crippen LogP contribution in [-0.4, -0.2) is 71.7 Å². The molecule has 2 aliphatic heterocycles. The number of carbonyl (C=O) groups excluding carboxylic acids is 2. The summed E-state index contributed by atoms with van der Waals surface area (Å²) in [7, 11) is -3.35. The Kier molecular flexibility index (Phi) is 4.26. The van der Waals surface area contributed by atoms with Crippen LogP contribution in [0.15, 0.2) is 41.1 Å². The second kappa shape index (κ2) is 6.49. The Morgan fingerprint density at radius 2 is 1.74 bits per heavy atom. The molecule has 2 atom stereocenters. The highest BCUT2D eigenvalue weighted by Crippen LogP contribution is 2.29. The number of nitrogens with zero attached hydrogens (tertiary/aromatic N) is 3. The molecule has 0 saturated carbocycles. The van der Waals surface area contributed by atoms with Gasteiger partial charge in [0.05, 0.1) is 35.4 Å². The van der Waals surface area contributed by atoms with Crippen LogP contribution in [0.25, 0.3) is 0 Å². The summed E-state index contributed by atoms with van der Waals surface area (Å²) < 4.78 is 29.8. The van der Waals surface area contributed by atoms with Crippen LogP contribution in [0.5, 0.6) is 0 Å². The van der Waals surface area contributed by atoms with Gasteiger partial charge in [-0.1, -0.05) is 6.07 Å². The number of aryl methyl sites for hydroxylation is 1. The molecule has 8 nitrogen and oxygen atoms in total. The fourth-order valence-corrected chi connectivity index (χ4v) is 5.84. The molecule has 9 heteroatoms. The second-order valence-corrected chi connectivity index (χ2v) is 8.97. The third-order valence-corrected chi connectivity index (χ3v) is 6.87. The van der Waals surface area contributed by atoms with E-state index in [2.05, 4.69) is 4.98 Å². The van der Waals surface area contributed by atoms with Crippen LogP contribution in [0.3, 0.4) is 0 Å². The fourth-order valence-electron chi connectivity index (χ4n) is 3.86. The van der Waals surface area contributed by atoms with Crippen LogP contribution in [0.2, 0.25) is 0 Å². The molecular formula is C18H19N3O5S. The van der Waals surface area contributed by atoms with E-state index in [4.69, 9.17) is 4.42 Å². The number of amides is 2. The number of piperazine rings is 1. The maximum atomic E-state index is 12.9. The van der Waals surface area contributed by atoms with E-state index in [0.29, 0.717) is 11.3 Å². The summed E-state index contributed by atoms with van der Waals surface area (Å²) >= 11 is 0. The zero-order chi connectivity index (χ0) is 19.2. The third kappa shape index (κ3) is 3.12. The van der Waals surface area contributed by atoms with Gasteiger partial charge in [-0.3, -0.25) is 14.6 Å². The Balaban J connectivity index is 1.65. The predicted molar refractivity (Wildman–Crippen MR) is 96.0 cm³/mol. The van der Waals surface area contributed by atoms with E-state index in [1.165, 1.54) is 12.5 Å². The Morgan fingerprint density at radius 1 is 1.07 bits per heavy atom. The molecule has 2 amide bonds. The molecule has 2 saturated heterocycles. The first kappa shape index (κ1) is 17.7. The lowest BCUT2D eigenvalue weighted by Gasteiger charge is -2.43. The molecule has 2 unspecified atom stereocenters. The van der Waals surface area contributed by atoms with Gasteiger partial charge in [-0.15, -0.1) is 0 Å². The van der Waals surface area contributed by atoms with Gasteiger partial charge in [0.15, 0.2) is 9.84 Å².